The van der Waals surface area contributed by atoms with Crippen molar-refractivity contribution in [2.75, 3.05) is 26.4 Å². The van der Waals surface area contributed by atoms with E-state index in [2.05, 4.69) is 40.7 Å². The molecule has 3 saturated heterocycles. The van der Waals surface area contributed by atoms with Crippen molar-refractivity contribution in [1.82, 2.24) is 0 Å². The molecule has 0 aromatic heterocycles. The number of allylic oxidation sites excluding steroid dienone is 3. The van der Waals surface area contributed by atoms with Gasteiger partial charge in [0.25, 0.3) is 0 Å². The summed E-state index contributed by atoms with van der Waals surface area (Å²) in [6.45, 7) is 17.0. The topological polar surface area (TPSA) is 351 Å². The van der Waals surface area contributed by atoms with E-state index < -0.39 is 181 Å². The lowest BCUT2D eigenvalue weighted by Gasteiger charge is -2.72. The first-order valence-electron chi connectivity index (χ1n) is 27.5. The molecule has 0 bridgehead atoms. The van der Waals surface area contributed by atoms with E-state index in [4.69, 9.17) is 37.9 Å². The second-order valence-corrected chi connectivity index (χ2v) is 25.7. The number of ether oxygens (including phenoxy) is 8. The number of aliphatic hydroxyl groups excluding tert-OH is 12. The molecule has 0 spiro atoms. The zero-order valence-corrected chi connectivity index (χ0v) is 46.1. The van der Waals surface area contributed by atoms with Gasteiger partial charge in [0.1, 0.15) is 92.1 Å². The molecular formula is C55H88O22. The maximum absolute atomic E-state index is 13.3. The Balaban J connectivity index is 1.09. The molecule has 8 aliphatic rings. The van der Waals surface area contributed by atoms with E-state index in [1.165, 1.54) is 6.92 Å². The number of esters is 2. The number of carbonyl (C=O) groups excluding carboxylic acids is 2. The van der Waals surface area contributed by atoms with E-state index in [1.54, 1.807) is 19.9 Å². The number of aliphatic hydroxyl groups is 12. The van der Waals surface area contributed by atoms with Crippen molar-refractivity contribution in [2.45, 2.75) is 231 Å². The number of fused-ring (bicyclic) bond motifs is 7. The predicted molar refractivity (Wildman–Crippen MR) is 267 cm³/mol. The molecule has 7 fully saturated rings. The van der Waals surface area contributed by atoms with Crippen molar-refractivity contribution in [1.29, 1.82) is 0 Å². The van der Waals surface area contributed by atoms with Crippen molar-refractivity contribution in [3.05, 3.63) is 23.3 Å². The fourth-order valence-corrected chi connectivity index (χ4v) is 16.1. The minimum absolute atomic E-state index is 0.00249. The molecule has 5 aliphatic carbocycles. The van der Waals surface area contributed by atoms with E-state index in [0.29, 0.717) is 31.3 Å². The van der Waals surface area contributed by atoms with Crippen LogP contribution in [0.2, 0.25) is 0 Å². The fourth-order valence-electron chi connectivity index (χ4n) is 16.1. The van der Waals surface area contributed by atoms with Gasteiger partial charge >= 0.3 is 11.9 Å². The van der Waals surface area contributed by atoms with Gasteiger partial charge in [-0.25, -0.2) is 4.79 Å². The zero-order chi connectivity index (χ0) is 56.9. The highest BCUT2D eigenvalue weighted by Crippen LogP contribution is 2.76. The van der Waals surface area contributed by atoms with Gasteiger partial charge in [0, 0.05) is 17.9 Å². The summed E-state index contributed by atoms with van der Waals surface area (Å²) in [6, 6.07) is 0. The molecular weight excluding hydrogens is 1010 g/mol. The first kappa shape index (κ1) is 60.8. The van der Waals surface area contributed by atoms with E-state index in [1.807, 2.05) is 13.8 Å². The summed E-state index contributed by atoms with van der Waals surface area (Å²) in [6.07, 6.45) is -21.9. The van der Waals surface area contributed by atoms with Crippen LogP contribution in [-0.2, 0) is 47.5 Å². The quantitative estimate of drug-likeness (QED) is 0.0484. The van der Waals surface area contributed by atoms with Crippen molar-refractivity contribution in [3.8, 4) is 0 Å². The molecule has 0 radical (unpaired) electrons. The smallest absolute Gasteiger partial charge is 0.333 e. The second-order valence-electron chi connectivity index (χ2n) is 25.7. The molecule has 0 aromatic carbocycles. The van der Waals surface area contributed by atoms with Crippen LogP contribution in [0.25, 0.3) is 0 Å². The van der Waals surface area contributed by atoms with Crippen LogP contribution in [-0.4, -0.2) is 216 Å². The third-order valence-corrected chi connectivity index (χ3v) is 20.9. The lowest BCUT2D eigenvalue weighted by Crippen LogP contribution is -2.72. The van der Waals surface area contributed by atoms with Crippen LogP contribution in [0.15, 0.2) is 23.3 Å². The standard InChI is InChI=1S/C55H88O22/c1-11-24(2)46(69)77-45-44(68)55(23-70-25(3)59)27(18-50(45,4)5)26-12-13-32-52(8)16-15-34(51(6,7)31(52)14-17-53(32,9)54(26,10)19-33(55)60)74-49-43(76-48-40(66)38(64)36(62)29(21-57)72-48)41(67)42(30(22-58)73-49)75-47-39(65)37(63)35(61)28(20-56)71-47/h11-12,27-45,47-49,56-58,60-68H,13-23H2,1-10H3. The Hall–Kier alpha value is -2.30. The molecule has 3 heterocycles. The van der Waals surface area contributed by atoms with Gasteiger partial charge in [-0.1, -0.05) is 66.2 Å². The van der Waals surface area contributed by atoms with Crippen molar-refractivity contribution in [2.24, 2.45) is 50.2 Å². The van der Waals surface area contributed by atoms with Crippen LogP contribution < -0.4 is 0 Å². The highest BCUT2D eigenvalue weighted by atomic mass is 16.8. The van der Waals surface area contributed by atoms with Crippen LogP contribution >= 0.6 is 0 Å². The Morgan fingerprint density at radius 2 is 1.22 bits per heavy atom. The van der Waals surface area contributed by atoms with Crippen molar-refractivity contribution >= 4 is 11.9 Å². The number of hydrogen-bond acceptors (Lipinski definition) is 22. The van der Waals surface area contributed by atoms with Crippen LogP contribution in [0.1, 0.15) is 114 Å². The van der Waals surface area contributed by atoms with Gasteiger partial charge in [-0.05, 0) is 98.2 Å². The lowest BCUT2D eigenvalue weighted by atomic mass is 9.33. The number of hydrogen-bond donors (Lipinski definition) is 12. The summed E-state index contributed by atoms with van der Waals surface area (Å²) in [5.74, 6) is -1.51. The molecule has 22 nitrogen and oxygen atoms in total. The van der Waals surface area contributed by atoms with E-state index in [0.717, 1.165) is 18.4 Å². The van der Waals surface area contributed by atoms with Gasteiger partial charge in [0.05, 0.1) is 37.4 Å². The van der Waals surface area contributed by atoms with Gasteiger partial charge in [-0.15, -0.1) is 0 Å². The third-order valence-electron chi connectivity index (χ3n) is 20.9. The molecule has 0 amide bonds. The Morgan fingerprint density at radius 3 is 1.77 bits per heavy atom. The van der Waals surface area contributed by atoms with Crippen LogP contribution in [0.4, 0.5) is 0 Å². The van der Waals surface area contributed by atoms with E-state index in [-0.39, 0.29) is 30.3 Å². The van der Waals surface area contributed by atoms with Gasteiger partial charge in [0.15, 0.2) is 18.9 Å². The highest BCUT2D eigenvalue weighted by Gasteiger charge is 2.73. The van der Waals surface area contributed by atoms with Crippen LogP contribution in [0.5, 0.6) is 0 Å². The molecule has 4 saturated carbocycles. The minimum atomic E-state index is -1.92. The maximum Gasteiger partial charge on any atom is 0.333 e. The predicted octanol–water partition coefficient (Wildman–Crippen LogP) is -0.386. The average molecular weight is 1100 g/mol. The third kappa shape index (κ3) is 9.89. The summed E-state index contributed by atoms with van der Waals surface area (Å²) >= 11 is 0. The summed E-state index contributed by atoms with van der Waals surface area (Å²) in [5, 5.41) is 133. The van der Waals surface area contributed by atoms with Crippen LogP contribution in [0, 0.1) is 50.2 Å². The van der Waals surface area contributed by atoms with Crippen molar-refractivity contribution in [3.63, 3.8) is 0 Å². The normalized spacial score (nSPS) is 50.5. The summed E-state index contributed by atoms with van der Waals surface area (Å²) in [7, 11) is 0. The molecule has 0 aromatic rings. The van der Waals surface area contributed by atoms with Gasteiger partial charge < -0.3 is 99.2 Å². The van der Waals surface area contributed by atoms with Gasteiger partial charge in [-0.2, -0.15) is 0 Å². The van der Waals surface area contributed by atoms with E-state index in [9.17, 15) is 70.9 Å². The molecule has 3 aliphatic heterocycles. The Labute approximate surface area is 450 Å². The summed E-state index contributed by atoms with van der Waals surface area (Å²) < 4.78 is 48.6. The highest BCUT2D eigenvalue weighted by molar-refractivity contribution is 5.87. The largest absolute Gasteiger partial charge is 0.465 e. The summed E-state index contributed by atoms with van der Waals surface area (Å²) in [5.41, 5.74) is -2.63. The van der Waals surface area contributed by atoms with E-state index >= 15 is 0 Å². The number of rotatable bonds is 13. The van der Waals surface area contributed by atoms with Crippen LogP contribution in [0.3, 0.4) is 0 Å². The monoisotopic (exact) mass is 1100 g/mol. The van der Waals surface area contributed by atoms with Gasteiger partial charge in [-0.3, -0.25) is 4.79 Å². The molecule has 26 unspecified atom stereocenters. The Bertz CT molecular complexity index is 2190. The molecule has 12 N–H and O–H groups in total. The average Bonchev–Trinajstić information content (AvgIpc) is 3.57. The minimum Gasteiger partial charge on any atom is -0.465 e. The molecule has 22 heteroatoms. The summed E-state index contributed by atoms with van der Waals surface area (Å²) in [4.78, 5) is 25.8. The first-order chi connectivity index (χ1) is 35.9. The SMILES string of the molecule is CC=C(C)C(=O)OC1C(O)C2(COC(C)=O)C(O)CC3(C)C(=CCC4C5(C)CCC(OC6OC(CO)C(OC7OC(CO)C(O)C(O)C7O)C(O)C6OC6OC(CO)C(O)C(O)C6O)C(C)(C)C5CCC43C)C2CC1(C)C. The zero-order valence-electron chi connectivity index (χ0n) is 46.1. The maximum atomic E-state index is 13.3. The van der Waals surface area contributed by atoms with Crippen molar-refractivity contribution < 1.29 is 109 Å². The molecule has 440 valence electrons. The molecule has 77 heavy (non-hydrogen) atoms. The number of carbonyl (C=O) groups is 2. The fraction of sp³-hybridized carbons (Fsp3) is 0.891. The lowest BCUT2D eigenvalue weighted by molar-refractivity contribution is -0.395. The molecule has 26 atom stereocenters. The second kappa shape index (κ2) is 22.1. The molecule has 8 rings (SSSR count). The Morgan fingerprint density at radius 1 is 0.662 bits per heavy atom. The van der Waals surface area contributed by atoms with Gasteiger partial charge in [0.2, 0.25) is 0 Å². The Kier molecular flexibility index (Phi) is 17.5. The first-order valence-corrected chi connectivity index (χ1v) is 27.5.